The number of hydrogen-bond acceptors (Lipinski definition) is 4. The lowest BCUT2D eigenvalue weighted by atomic mass is 10.0. The highest BCUT2D eigenvalue weighted by atomic mass is 16.5. The van der Waals surface area contributed by atoms with E-state index in [1.807, 2.05) is 30.3 Å². The summed E-state index contributed by atoms with van der Waals surface area (Å²) in [4.78, 5) is 6.86. The molecule has 4 rings (SSSR count). The first-order chi connectivity index (χ1) is 10.9. The average Bonchev–Trinajstić information content (AvgIpc) is 3.05. The van der Waals surface area contributed by atoms with Crippen LogP contribution in [-0.2, 0) is 13.0 Å². The molecule has 110 valence electrons. The molecule has 0 N–H and O–H groups in total. The minimum atomic E-state index is 0.584. The molecule has 0 spiro atoms. The van der Waals surface area contributed by atoms with E-state index in [0.29, 0.717) is 12.4 Å². The Kier molecular flexibility index (Phi) is 3.35. The molecule has 1 aliphatic heterocycles. The SMILES string of the molecule is c1ccc(-c2nc(CN3CCCc4ccccc43)no2)cc1. The quantitative estimate of drug-likeness (QED) is 0.738. The van der Waals surface area contributed by atoms with E-state index >= 15 is 0 Å². The molecule has 2 aromatic carbocycles. The Bertz CT molecular complexity index is 767. The average molecular weight is 291 g/mol. The highest BCUT2D eigenvalue weighted by molar-refractivity contribution is 5.56. The Morgan fingerprint density at radius 2 is 1.82 bits per heavy atom. The van der Waals surface area contributed by atoms with Crippen molar-refractivity contribution in [3.63, 3.8) is 0 Å². The monoisotopic (exact) mass is 291 g/mol. The second kappa shape index (κ2) is 5.64. The summed E-state index contributed by atoms with van der Waals surface area (Å²) in [7, 11) is 0. The van der Waals surface area contributed by atoms with Gasteiger partial charge >= 0.3 is 0 Å². The van der Waals surface area contributed by atoms with Gasteiger partial charge in [-0.05, 0) is 36.6 Å². The lowest BCUT2D eigenvalue weighted by Gasteiger charge is -2.30. The van der Waals surface area contributed by atoms with Crippen LogP contribution in [0.2, 0.25) is 0 Å². The highest BCUT2D eigenvalue weighted by Crippen LogP contribution is 2.28. The molecule has 0 aliphatic carbocycles. The van der Waals surface area contributed by atoms with Crippen molar-refractivity contribution in [3.8, 4) is 11.5 Å². The topological polar surface area (TPSA) is 42.2 Å². The molecule has 0 radical (unpaired) electrons. The van der Waals surface area contributed by atoms with Crippen LogP contribution in [0.15, 0.2) is 59.1 Å². The highest BCUT2D eigenvalue weighted by Gasteiger charge is 2.18. The predicted molar refractivity (Wildman–Crippen MR) is 85.5 cm³/mol. The first-order valence-electron chi connectivity index (χ1n) is 7.61. The van der Waals surface area contributed by atoms with Crippen LogP contribution in [0, 0.1) is 0 Å². The van der Waals surface area contributed by atoms with Gasteiger partial charge in [0, 0.05) is 17.8 Å². The molecule has 0 atom stereocenters. The fourth-order valence-corrected chi connectivity index (χ4v) is 2.96. The van der Waals surface area contributed by atoms with Crippen molar-refractivity contribution >= 4 is 5.69 Å². The first kappa shape index (κ1) is 13.1. The number of nitrogens with zero attached hydrogens (tertiary/aromatic N) is 3. The predicted octanol–water partition coefficient (Wildman–Crippen LogP) is 3.69. The van der Waals surface area contributed by atoms with Crippen LogP contribution in [0.1, 0.15) is 17.8 Å². The van der Waals surface area contributed by atoms with Crippen LogP contribution in [0.4, 0.5) is 5.69 Å². The van der Waals surface area contributed by atoms with Crippen molar-refractivity contribution in [2.24, 2.45) is 0 Å². The smallest absolute Gasteiger partial charge is 0.257 e. The van der Waals surface area contributed by atoms with Gasteiger partial charge in [-0.15, -0.1) is 0 Å². The molecule has 0 fully saturated rings. The number of anilines is 1. The van der Waals surface area contributed by atoms with Gasteiger partial charge < -0.3 is 9.42 Å². The van der Waals surface area contributed by atoms with Gasteiger partial charge in [-0.2, -0.15) is 4.98 Å². The molecule has 0 amide bonds. The largest absolute Gasteiger partial charge is 0.364 e. The van der Waals surface area contributed by atoms with Crippen molar-refractivity contribution in [1.29, 1.82) is 0 Å². The summed E-state index contributed by atoms with van der Waals surface area (Å²) < 4.78 is 5.39. The molecule has 22 heavy (non-hydrogen) atoms. The van der Waals surface area contributed by atoms with Crippen molar-refractivity contribution in [2.75, 3.05) is 11.4 Å². The summed E-state index contributed by atoms with van der Waals surface area (Å²) in [6.45, 7) is 1.72. The number of hydrogen-bond donors (Lipinski definition) is 0. The lowest BCUT2D eigenvalue weighted by Crippen LogP contribution is -2.29. The summed E-state index contributed by atoms with van der Waals surface area (Å²) in [5.74, 6) is 1.32. The summed E-state index contributed by atoms with van der Waals surface area (Å²) in [6.07, 6.45) is 2.31. The molecular formula is C18H17N3O. The molecular weight excluding hydrogens is 274 g/mol. The normalized spacial score (nSPS) is 13.9. The zero-order valence-corrected chi connectivity index (χ0v) is 12.3. The van der Waals surface area contributed by atoms with Gasteiger partial charge in [0.1, 0.15) is 0 Å². The molecule has 1 aromatic heterocycles. The Labute approximate surface area is 129 Å². The van der Waals surface area contributed by atoms with E-state index in [1.54, 1.807) is 0 Å². The van der Waals surface area contributed by atoms with Gasteiger partial charge in [0.25, 0.3) is 5.89 Å². The van der Waals surface area contributed by atoms with Crippen LogP contribution in [0.3, 0.4) is 0 Å². The van der Waals surface area contributed by atoms with E-state index < -0.39 is 0 Å². The minimum absolute atomic E-state index is 0.584. The molecule has 3 aromatic rings. The number of benzene rings is 2. The van der Waals surface area contributed by atoms with E-state index in [4.69, 9.17) is 4.52 Å². The van der Waals surface area contributed by atoms with Gasteiger partial charge in [-0.25, -0.2) is 0 Å². The van der Waals surface area contributed by atoms with E-state index in [9.17, 15) is 0 Å². The second-order valence-electron chi connectivity index (χ2n) is 5.54. The van der Waals surface area contributed by atoms with Gasteiger partial charge in [0.2, 0.25) is 0 Å². The van der Waals surface area contributed by atoms with Crippen molar-refractivity contribution in [3.05, 3.63) is 66.0 Å². The Morgan fingerprint density at radius 3 is 2.73 bits per heavy atom. The van der Waals surface area contributed by atoms with Gasteiger partial charge in [-0.3, -0.25) is 0 Å². The molecule has 0 saturated heterocycles. The third-order valence-electron chi connectivity index (χ3n) is 4.03. The van der Waals surface area contributed by atoms with E-state index in [-0.39, 0.29) is 0 Å². The standard InChI is InChI=1S/C18H17N3O/c1-2-8-15(9-3-1)18-19-17(20-22-18)13-21-12-6-10-14-7-4-5-11-16(14)21/h1-5,7-9,11H,6,10,12-13H2. The molecule has 0 unspecified atom stereocenters. The van der Waals surface area contributed by atoms with Crippen LogP contribution in [0.5, 0.6) is 0 Å². The van der Waals surface area contributed by atoms with Crippen LogP contribution >= 0.6 is 0 Å². The summed E-state index contributed by atoms with van der Waals surface area (Å²) >= 11 is 0. The number of aryl methyl sites for hydroxylation is 1. The van der Waals surface area contributed by atoms with Crippen molar-refractivity contribution < 1.29 is 4.52 Å². The zero-order chi connectivity index (χ0) is 14.8. The van der Waals surface area contributed by atoms with Crippen molar-refractivity contribution in [2.45, 2.75) is 19.4 Å². The molecule has 4 heteroatoms. The maximum atomic E-state index is 5.39. The van der Waals surface area contributed by atoms with Gasteiger partial charge in [0.05, 0.1) is 6.54 Å². The third-order valence-corrected chi connectivity index (χ3v) is 4.03. The second-order valence-corrected chi connectivity index (χ2v) is 5.54. The Balaban J connectivity index is 1.57. The summed E-state index contributed by atoms with van der Waals surface area (Å²) in [5, 5.41) is 4.13. The fourth-order valence-electron chi connectivity index (χ4n) is 2.96. The zero-order valence-electron chi connectivity index (χ0n) is 12.3. The van der Waals surface area contributed by atoms with Crippen LogP contribution in [-0.4, -0.2) is 16.7 Å². The van der Waals surface area contributed by atoms with Gasteiger partial charge in [0.15, 0.2) is 5.82 Å². The Morgan fingerprint density at radius 1 is 1.00 bits per heavy atom. The summed E-state index contributed by atoms with van der Waals surface area (Å²) in [5.41, 5.74) is 3.65. The number of aromatic nitrogens is 2. The van der Waals surface area contributed by atoms with Crippen LogP contribution < -0.4 is 4.90 Å². The van der Waals surface area contributed by atoms with E-state index in [1.165, 1.54) is 17.7 Å². The molecule has 2 heterocycles. The lowest BCUT2D eigenvalue weighted by molar-refractivity contribution is 0.421. The van der Waals surface area contributed by atoms with Crippen LogP contribution in [0.25, 0.3) is 11.5 Å². The van der Waals surface area contributed by atoms with Gasteiger partial charge in [-0.1, -0.05) is 41.6 Å². The van der Waals surface area contributed by atoms with E-state index in [0.717, 1.165) is 24.4 Å². The van der Waals surface area contributed by atoms with E-state index in [2.05, 4.69) is 39.3 Å². The maximum absolute atomic E-state index is 5.39. The molecule has 0 saturated carbocycles. The number of para-hydroxylation sites is 1. The third kappa shape index (κ3) is 2.48. The fraction of sp³-hybridized carbons (Fsp3) is 0.222. The number of fused-ring (bicyclic) bond motifs is 1. The molecule has 4 nitrogen and oxygen atoms in total. The maximum Gasteiger partial charge on any atom is 0.257 e. The minimum Gasteiger partial charge on any atom is -0.364 e. The Hall–Kier alpha value is -2.62. The number of rotatable bonds is 3. The molecule has 0 bridgehead atoms. The molecule has 1 aliphatic rings. The van der Waals surface area contributed by atoms with Crippen molar-refractivity contribution in [1.82, 2.24) is 10.1 Å². The first-order valence-corrected chi connectivity index (χ1v) is 7.61. The summed E-state index contributed by atoms with van der Waals surface area (Å²) in [6, 6.07) is 18.4.